The van der Waals surface area contributed by atoms with Crippen LogP contribution in [0, 0.1) is 0 Å². The second kappa shape index (κ2) is 4.39. The molecule has 1 heterocycles. The van der Waals surface area contributed by atoms with E-state index in [-0.39, 0.29) is 6.04 Å². The summed E-state index contributed by atoms with van der Waals surface area (Å²) in [4.78, 5) is 10.9. The molecule has 0 saturated carbocycles. The van der Waals surface area contributed by atoms with Crippen LogP contribution in [0.25, 0.3) is 5.69 Å². The summed E-state index contributed by atoms with van der Waals surface area (Å²) >= 11 is 0. The molecular formula is C12H14N4O. The molecule has 0 spiro atoms. The van der Waals surface area contributed by atoms with E-state index < -0.39 is 5.91 Å². The Balaban J connectivity index is 2.30. The lowest BCUT2D eigenvalue weighted by Crippen LogP contribution is -2.09. The van der Waals surface area contributed by atoms with Gasteiger partial charge in [0, 0.05) is 12.2 Å². The molecule has 1 atom stereocenters. The Kier molecular flexibility index (Phi) is 2.93. The Morgan fingerprint density at radius 2 is 2.00 bits per heavy atom. The van der Waals surface area contributed by atoms with E-state index in [1.165, 1.54) is 6.20 Å². The zero-order valence-corrected chi connectivity index (χ0v) is 9.50. The summed E-state index contributed by atoms with van der Waals surface area (Å²) in [6.07, 6.45) is 3.05. The predicted octanol–water partition coefficient (Wildman–Crippen LogP) is 0.991. The van der Waals surface area contributed by atoms with Crippen molar-refractivity contribution in [2.24, 2.45) is 11.5 Å². The summed E-state index contributed by atoms with van der Waals surface area (Å²) in [5.74, 6) is -0.483. The zero-order valence-electron chi connectivity index (χ0n) is 9.50. The molecule has 4 N–H and O–H groups in total. The zero-order chi connectivity index (χ0) is 12.4. The van der Waals surface area contributed by atoms with Crippen molar-refractivity contribution in [2.45, 2.75) is 13.0 Å². The van der Waals surface area contributed by atoms with Gasteiger partial charge in [-0.25, -0.2) is 4.68 Å². The lowest BCUT2D eigenvalue weighted by molar-refractivity contribution is 0.100. The third-order valence-corrected chi connectivity index (χ3v) is 2.55. The molecule has 0 saturated heterocycles. The predicted molar refractivity (Wildman–Crippen MR) is 64.7 cm³/mol. The Labute approximate surface area is 99.0 Å². The van der Waals surface area contributed by atoms with E-state index in [4.69, 9.17) is 11.5 Å². The fraction of sp³-hybridized carbons (Fsp3) is 0.167. The van der Waals surface area contributed by atoms with Crippen LogP contribution in [0.5, 0.6) is 0 Å². The maximum absolute atomic E-state index is 10.9. The van der Waals surface area contributed by atoms with E-state index in [1.807, 2.05) is 31.2 Å². The first-order valence-electron chi connectivity index (χ1n) is 5.28. The molecule has 0 bridgehead atoms. The molecule has 1 aromatic carbocycles. The number of hydrogen-bond donors (Lipinski definition) is 2. The Hall–Kier alpha value is -2.14. The molecule has 0 unspecified atom stereocenters. The van der Waals surface area contributed by atoms with E-state index in [9.17, 15) is 4.79 Å². The highest BCUT2D eigenvalue weighted by molar-refractivity contribution is 5.92. The van der Waals surface area contributed by atoms with Gasteiger partial charge in [-0.2, -0.15) is 5.10 Å². The van der Waals surface area contributed by atoms with Crippen LogP contribution in [0.4, 0.5) is 0 Å². The molecule has 0 aliphatic heterocycles. The topological polar surface area (TPSA) is 86.9 Å². The molecule has 88 valence electrons. The molecule has 1 amide bonds. The first-order chi connectivity index (χ1) is 8.08. The highest BCUT2D eigenvalue weighted by Crippen LogP contribution is 2.13. The van der Waals surface area contributed by atoms with Crippen LogP contribution in [0.3, 0.4) is 0 Å². The maximum Gasteiger partial charge on any atom is 0.251 e. The number of benzene rings is 1. The maximum atomic E-state index is 10.9. The van der Waals surface area contributed by atoms with E-state index in [2.05, 4.69) is 5.10 Å². The van der Waals surface area contributed by atoms with Crippen LogP contribution < -0.4 is 11.5 Å². The van der Waals surface area contributed by atoms with E-state index >= 15 is 0 Å². The molecule has 5 nitrogen and oxygen atoms in total. The monoisotopic (exact) mass is 230 g/mol. The Bertz CT molecular complexity index is 528. The molecule has 0 aliphatic carbocycles. The second-order valence-corrected chi connectivity index (χ2v) is 3.92. The summed E-state index contributed by atoms with van der Waals surface area (Å²) < 4.78 is 1.60. The van der Waals surface area contributed by atoms with Gasteiger partial charge in [-0.3, -0.25) is 4.79 Å². The molecule has 2 rings (SSSR count). The highest BCUT2D eigenvalue weighted by atomic mass is 16.1. The first kappa shape index (κ1) is 11.3. The SMILES string of the molecule is C[C@@H](N)c1ccc(-n2cc(C(N)=O)cn2)cc1. The quantitative estimate of drug-likeness (QED) is 0.824. The number of carbonyl (C=O) groups is 1. The smallest absolute Gasteiger partial charge is 0.251 e. The highest BCUT2D eigenvalue weighted by Gasteiger charge is 2.05. The second-order valence-electron chi connectivity index (χ2n) is 3.92. The van der Waals surface area contributed by atoms with Gasteiger partial charge in [-0.1, -0.05) is 12.1 Å². The van der Waals surface area contributed by atoms with Crippen molar-refractivity contribution in [3.8, 4) is 5.69 Å². The van der Waals surface area contributed by atoms with Gasteiger partial charge in [0.2, 0.25) is 0 Å². The first-order valence-corrected chi connectivity index (χ1v) is 5.28. The summed E-state index contributed by atoms with van der Waals surface area (Å²) in [5.41, 5.74) is 13.2. The summed E-state index contributed by atoms with van der Waals surface area (Å²) in [6.45, 7) is 1.92. The van der Waals surface area contributed by atoms with Crippen LogP contribution in [0.15, 0.2) is 36.7 Å². The van der Waals surface area contributed by atoms with Crippen molar-refractivity contribution in [3.05, 3.63) is 47.8 Å². The van der Waals surface area contributed by atoms with Gasteiger partial charge in [-0.15, -0.1) is 0 Å². The third-order valence-electron chi connectivity index (χ3n) is 2.55. The minimum absolute atomic E-state index is 0.00264. The van der Waals surface area contributed by atoms with Crippen LogP contribution in [0.1, 0.15) is 28.9 Å². The van der Waals surface area contributed by atoms with Crippen molar-refractivity contribution >= 4 is 5.91 Å². The van der Waals surface area contributed by atoms with Crippen molar-refractivity contribution in [3.63, 3.8) is 0 Å². The van der Waals surface area contributed by atoms with E-state index in [1.54, 1.807) is 10.9 Å². The fourth-order valence-corrected chi connectivity index (χ4v) is 1.52. The number of rotatable bonds is 3. The normalized spacial score (nSPS) is 12.4. The third kappa shape index (κ3) is 2.34. The summed E-state index contributed by atoms with van der Waals surface area (Å²) in [6, 6.07) is 7.67. The molecule has 0 aliphatic rings. The molecule has 5 heteroatoms. The minimum atomic E-state index is -0.483. The molecule has 0 radical (unpaired) electrons. The fourth-order valence-electron chi connectivity index (χ4n) is 1.52. The van der Waals surface area contributed by atoms with Crippen molar-refractivity contribution < 1.29 is 4.79 Å². The molecule has 2 aromatic rings. The number of aromatic nitrogens is 2. The summed E-state index contributed by atoms with van der Waals surface area (Å²) in [7, 11) is 0. The van der Waals surface area contributed by atoms with Crippen molar-refractivity contribution in [1.82, 2.24) is 9.78 Å². The summed E-state index contributed by atoms with van der Waals surface area (Å²) in [5, 5.41) is 4.07. The number of primary amides is 1. The lowest BCUT2D eigenvalue weighted by Gasteiger charge is -2.06. The van der Waals surface area contributed by atoms with E-state index in [0.717, 1.165) is 11.3 Å². The Morgan fingerprint density at radius 3 is 2.47 bits per heavy atom. The van der Waals surface area contributed by atoms with Crippen LogP contribution in [-0.4, -0.2) is 15.7 Å². The minimum Gasteiger partial charge on any atom is -0.366 e. The number of nitrogens with two attached hydrogens (primary N) is 2. The number of amides is 1. The Morgan fingerprint density at radius 1 is 1.35 bits per heavy atom. The lowest BCUT2D eigenvalue weighted by atomic mass is 10.1. The van der Waals surface area contributed by atoms with Gasteiger partial charge in [0.05, 0.1) is 17.4 Å². The van der Waals surface area contributed by atoms with Crippen LogP contribution in [0.2, 0.25) is 0 Å². The standard InChI is InChI=1S/C12H14N4O/c1-8(13)9-2-4-11(5-3-9)16-7-10(6-15-16)12(14)17/h2-8H,13H2,1H3,(H2,14,17)/t8-/m1/s1. The van der Waals surface area contributed by atoms with E-state index in [0.29, 0.717) is 5.56 Å². The number of carbonyl (C=O) groups excluding carboxylic acids is 1. The number of nitrogens with zero attached hydrogens (tertiary/aromatic N) is 2. The average Bonchev–Trinajstić information content (AvgIpc) is 2.78. The molecule has 0 fully saturated rings. The van der Waals surface area contributed by atoms with Gasteiger partial charge in [0.15, 0.2) is 0 Å². The van der Waals surface area contributed by atoms with Gasteiger partial charge in [-0.05, 0) is 24.6 Å². The van der Waals surface area contributed by atoms with Crippen molar-refractivity contribution in [2.75, 3.05) is 0 Å². The van der Waals surface area contributed by atoms with Crippen LogP contribution >= 0.6 is 0 Å². The molecule has 17 heavy (non-hydrogen) atoms. The molecule has 1 aromatic heterocycles. The average molecular weight is 230 g/mol. The van der Waals surface area contributed by atoms with Gasteiger partial charge < -0.3 is 11.5 Å². The van der Waals surface area contributed by atoms with Gasteiger partial charge >= 0.3 is 0 Å². The molecular weight excluding hydrogens is 216 g/mol. The van der Waals surface area contributed by atoms with Crippen molar-refractivity contribution in [1.29, 1.82) is 0 Å². The van der Waals surface area contributed by atoms with Gasteiger partial charge in [0.1, 0.15) is 0 Å². The van der Waals surface area contributed by atoms with Gasteiger partial charge in [0.25, 0.3) is 5.91 Å². The number of hydrogen-bond acceptors (Lipinski definition) is 3. The largest absolute Gasteiger partial charge is 0.366 e. The van der Waals surface area contributed by atoms with Crippen LogP contribution in [-0.2, 0) is 0 Å².